The van der Waals surface area contributed by atoms with Crippen LogP contribution in [0, 0.1) is 11.6 Å². The number of carbonyl (C=O) groups excluding carboxylic acids is 3. The summed E-state index contributed by atoms with van der Waals surface area (Å²) in [6, 6.07) is 2.31. The number of hydrazine groups is 1. The molecule has 2 amide bonds. The first-order valence-corrected chi connectivity index (χ1v) is 5.07. The Balaban J connectivity index is 2.51. The van der Waals surface area contributed by atoms with Crippen molar-refractivity contribution in [3.05, 3.63) is 35.4 Å². The second-order valence-corrected chi connectivity index (χ2v) is 3.43. The van der Waals surface area contributed by atoms with Crippen molar-refractivity contribution < 1.29 is 27.9 Å². The molecule has 0 aliphatic rings. The Morgan fingerprint density at radius 3 is 2.47 bits per heavy atom. The molecule has 0 spiro atoms. The number of benzene rings is 1. The lowest BCUT2D eigenvalue weighted by Gasteiger charge is -2.07. The third-order valence-electron chi connectivity index (χ3n) is 1.86. The fourth-order valence-corrected chi connectivity index (χ4v) is 1.06. The molecule has 1 rings (SSSR count). The van der Waals surface area contributed by atoms with Gasteiger partial charge in [0.2, 0.25) is 5.91 Å². The molecule has 0 aliphatic carbocycles. The van der Waals surface area contributed by atoms with E-state index in [1.165, 1.54) is 6.92 Å². The first-order chi connectivity index (χ1) is 8.90. The van der Waals surface area contributed by atoms with Crippen LogP contribution in [-0.4, -0.2) is 24.4 Å². The molecule has 1 aromatic carbocycles. The standard InChI is InChI=1S/C11H10F2N2O4/c1-6(16)14-15-10(17)5-19-11(18)8-3-2-7(12)4-9(8)13/h2-4H,5H2,1H3,(H,14,16)(H,15,17). The van der Waals surface area contributed by atoms with Gasteiger partial charge in [0.05, 0.1) is 5.56 Å². The van der Waals surface area contributed by atoms with Crippen molar-refractivity contribution in [2.75, 3.05) is 6.61 Å². The fourth-order valence-electron chi connectivity index (χ4n) is 1.06. The molecule has 0 aromatic heterocycles. The molecule has 0 bridgehead atoms. The molecule has 8 heteroatoms. The van der Waals surface area contributed by atoms with E-state index in [2.05, 4.69) is 4.74 Å². The van der Waals surface area contributed by atoms with E-state index in [9.17, 15) is 23.2 Å². The number of ether oxygens (including phenoxy) is 1. The van der Waals surface area contributed by atoms with Crippen molar-refractivity contribution in [2.24, 2.45) is 0 Å². The second kappa shape index (κ2) is 6.43. The minimum Gasteiger partial charge on any atom is -0.452 e. The third kappa shape index (κ3) is 4.70. The first-order valence-electron chi connectivity index (χ1n) is 5.07. The van der Waals surface area contributed by atoms with Crippen LogP contribution >= 0.6 is 0 Å². The Kier molecular flexibility index (Phi) is 4.92. The van der Waals surface area contributed by atoms with Crippen LogP contribution in [0.5, 0.6) is 0 Å². The Hall–Kier alpha value is -2.51. The minimum absolute atomic E-state index is 0.492. The molecule has 0 aliphatic heterocycles. The lowest BCUT2D eigenvalue weighted by atomic mass is 10.2. The molecular weight excluding hydrogens is 262 g/mol. The highest BCUT2D eigenvalue weighted by atomic mass is 19.1. The first kappa shape index (κ1) is 14.6. The lowest BCUT2D eigenvalue weighted by molar-refractivity contribution is -0.129. The number of esters is 1. The Morgan fingerprint density at radius 1 is 1.21 bits per heavy atom. The zero-order valence-corrected chi connectivity index (χ0v) is 9.83. The molecule has 0 heterocycles. The maximum atomic E-state index is 13.2. The van der Waals surface area contributed by atoms with Gasteiger partial charge >= 0.3 is 5.97 Å². The second-order valence-electron chi connectivity index (χ2n) is 3.43. The highest BCUT2D eigenvalue weighted by Crippen LogP contribution is 2.10. The molecule has 1 aromatic rings. The maximum Gasteiger partial charge on any atom is 0.341 e. The van der Waals surface area contributed by atoms with E-state index in [1.54, 1.807) is 0 Å². The summed E-state index contributed by atoms with van der Waals surface area (Å²) < 4.78 is 30.3. The molecule has 0 saturated heterocycles. The molecule has 102 valence electrons. The molecule has 0 radical (unpaired) electrons. The monoisotopic (exact) mass is 272 g/mol. The van der Waals surface area contributed by atoms with Gasteiger partial charge in [-0.15, -0.1) is 0 Å². The number of carbonyl (C=O) groups is 3. The fraction of sp³-hybridized carbons (Fsp3) is 0.182. The van der Waals surface area contributed by atoms with Crippen LogP contribution in [0.15, 0.2) is 18.2 Å². The predicted octanol–water partition coefficient (Wildman–Crippen LogP) is 0.289. The van der Waals surface area contributed by atoms with Crippen molar-refractivity contribution in [1.82, 2.24) is 10.9 Å². The lowest BCUT2D eigenvalue weighted by Crippen LogP contribution is -2.42. The van der Waals surface area contributed by atoms with E-state index in [4.69, 9.17) is 0 Å². The van der Waals surface area contributed by atoms with Crippen LogP contribution in [-0.2, 0) is 14.3 Å². The average Bonchev–Trinajstić information content (AvgIpc) is 2.33. The maximum absolute atomic E-state index is 13.2. The van der Waals surface area contributed by atoms with Gasteiger partial charge in [-0.25, -0.2) is 13.6 Å². The van der Waals surface area contributed by atoms with Crippen LogP contribution in [0.25, 0.3) is 0 Å². The summed E-state index contributed by atoms with van der Waals surface area (Å²) in [6.07, 6.45) is 0. The minimum atomic E-state index is -1.12. The Labute approximate surface area is 106 Å². The van der Waals surface area contributed by atoms with Crippen LogP contribution in [0.1, 0.15) is 17.3 Å². The molecule has 0 atom stereocenters. The quantitative estimate of drug-likeness (QED) is 0.612. The van der Waals surface area contributed by atoms with Crippen LogP contribution in [0.2, 0.25) is 0 Å². The summed E-state index contributed by atoms with van der Waals surface area (Å²) in [7, 11) is 0. The van der Waals surface area contributed by atoms with Gasteiger partial charge in [0.1, 0.15) is 11.6 Å². The SMILES string of the molecule is CC(=O)NNC(=O)COC(=O)c1ccc(F)cc1F. The number of hydrogen-bond donors (Lipinski definition) is 2. The van der Waals surface area contributed by atoms with Gasteiger partial charge in [-0.3, -0.25) is 20.4 Å². The number of nitrogens with one attached hydrogen (secondary N) is 2. The van der Waals surface area contributed by atoms with Gasteiger partial charge in [-0.2, -0.15) is 0 Å². The largest absolute Gasteiger partial charge is 0.452 e. The molecule has 0 saturated carbocycles. The predicted molar refractivity (Wildman–Crippen MR) is 58.6 cm³/mol. The van der Waals surface area contributed by atoms with Gasteiger partial charge in [0.25, 0.3) is 5.91 Å². The number of amides is 2. The molecule has 0 unspecified atom stereocenters. The van der Waals surface area contributed by atoms with Gasteiger partial charge < -0.3 is 4.74 Å². The van der Waals surface area contributed by atoms with Crippen molar-refractivity contribution in [3.63, 3.8) is 0 Å². The zero-order valence-electron chi connectivity index (χ0n) is 9.83. The summed E-state index contributed by atoms with van der Waals surface area (Å²) in [6.45, 7) is 0.454. The van der Waals surface area contributed by atoms with Gasteiger partial charge in [-0.1, -0.05) is 0 Å². The smallest absolute Gasteiger partial charge is 0.341 e. The van der Waals surface area contributed by atoms with Gasteiger partial charge in [0, 0.05) is 13.0 Å². The van der Waals surface area contributed by atoms with Gasteiger partial charge in [0.15, 0.2) is 6.61 Å². The molecule has 6 nitrogen and oxygen atoms in total. The summed E-state index contributed by atoms with van der Waals surface area (Å²) in [4.78, 5) is 32.9. The van der Waals surface area contributed by atoms with Crippen molar-refractivity contribution >= 4 is 17.8 Å². The summed E-state index contributed by atoms with van der Waals surface area (Å²) in [5.41, 5.74) is 3.43. The van der Waals surface area contributed by atoms with Gasteiger partial charge in [-0.05, 0) is 12.1 Å². The van der Waals surface area contributed by atoms with Crippen molar-refractivity contribution in [1.29, 1.82) is 0 Å². The molecular formula is C11H10F2N2O4. The molecule has 0 fully saturated rings. The number of hydrogen-bond acceptors (Lipinski definition) is 4. The van der Waals surface area contributed by atoms with E-state index in [0.29, 0.717) is 6.07 Å². The average molecular weight is 272 g/mol. The number of halogens is 2. The summed E-state index contributed by atoms with van der Waals surface area (Å²) in [5.74, 6) is -4.35. The van der Waals surface area contributed by atoms with Crippen molar-refractivity contribution in [3.8, 4) is 0 Å². The molecule has 2 N–H and O–H groups in total. The molecule has 19 heavy (non-hydrogen) atoms. The summed E-state index contributed by atoms with van der Waals surface area (Å²) in [5, 5.41) is 0. The highest BCUT2D eigenvalue weighted by Gasteiger charge is 2.15. The number of rotatable bonds is 3. The Morgan fingerprint density at radius 2 is 1.89 bits per heavy atom. The highest BCUT2D eigenvalue weighted by molar-refractivity contribution is 5.91. The topological polar surface area (TPSA) is 84.5 Å². The zero-order chi connectivity index (χ0) is 14.4. The van der Waals surface area contributed by atoms with Crippen LogP contribution in [0.4, 0.5) is 8.78 Å². The van der Waals surface area contributed by atoms with E-state index >= 15 is 0 Å². The van der Waals surface area contributed by atoms with E-state index in [-0.39, 0.29) is 0 Å². The van der Waals surface area contributed by atoms with E-state index < -0.39 is 41.6 Å². The van der Waals surface area contributed by atoms with Crippen molar-refractivity contribution in [2.45, 2.75) is 6.92 Å². The van der Waals surface area contributed by atoms with Crippen LogP contribution in [0.3, 0.4) is 0 Å². The van der Waals surface area contributed by atoms with E-state index in [1.807, 2.05) is 10.9 Å². The van der Waals surface area contributed by atoms with E-state index in [0.717, 1.165) is 12.1 Å². The summed E-state index contributed by atoms with van der Waals surface area (Å²) >= 11 is 0. The van der Waals surface area contributed by atoms with Crippen LogP contribution < -0.4 is 10.9 Å². The third-order valence-corrected chi connectivity index (χ3v) is 1.86. The normalized spacial score (nSPS) is 9.63. The Bertz CT molecular complexity index is 519.